The lowest BCUT2D eigenvalue weighted by atomic mass is 9.99. The first kappa shape index (κ1) is 17.8. The number of rotatable bonds is 7. The summed E-state index contributed by atoms with van der Waals surface area (Å²) in [7, 11) is 1.60. The van der Waals surface area contributed by atoms with Gasteiger partial charge >= 0.3 is 5.97 Å². The summed E-state index contributed by atoms with van der Waals surface area (Å²) in [4.78, 5) is 24.9. The van der Waals surface area contributed by atoms with Crippen molar-refractivity contribution in [1.82, 2.24) is 10.1 Å². The van der Waals surface area contributed by atoms with Crippen LogP contribution in [0.15, 0.2) is 21.1 Å². The highest BCUT2D eigenvalue weighted by Gasteiger charge is 2.22. The van der Waals surface area contributed by atoms with Gasteiger partial charge in [0, 0.05) is 19.0 Å². The number of aromatic nitrogens is 1. The summed E-state index contributed by atoms with van der Waals surface area (Å²) >= 11 is 0. The minimum Gasteiger partial charge on any atom is -0.478 e. The smallest absolute Gasteiger partial charge is 0.339 e. The number of carboxylic acid groups (broad SMARTS) is 1. The highest BCUT2D eigenvalue weighted by molar-refractivity contribution is 5.91. The molecule has 0 saturated heterocycles. The Balaban J connectivity index is 2.09. The number of carboxylic acids is 1. The van der Waals surface area contributed by atoms with Crippen LogP contribution in [0.3, 0.4) is 0 Å². The standard InChI is InChI=1S/C17H22N2O5/c1-5-11(6-2)14-8-15(24-18-14)16(20)19(4)9-12-7-13(17(21)22)10(3)23-12/h7-8,11H,5-6,9H2,1-4H3,(H,21,22). The fraction of sp³-hybridized carbons (Fsp3) is 0.471. The number of aromatic carboxylic acids is 1. The van der Waals surface area contributed by atoms with Gasteiger partial charge in [0.2, 0.25) is 5.76 Å². The van der Waals surface area contributed by atoms with Gasteiger partial charge in [0.05, 0.1) is 12.2 Å². The third-order valence-corrected chi connectivity index (χ3v) is 4.08. The van der Waals surface area contributed by atoms with E-state index in [1.807, 2.05) is 0 Å². The van der Waals surface area contributed by atoms with Gasteiger partial charge in [0.15, 0.2) is 0 Å². The van der Waals surface area contributed by atoms with Gasteiger partial charge in [0.25, 0.3) is 5.91 Å². The lowest BCUT2D eigenvalue weighted by molar-refractivity contribution is 0.0693. The van der Waals surface area contributed by atoms with Gasteiger partial charge in [-0.2, -0.15) is 0 Å². The molecule has 1 amide bonds. The molecule has 0 unspecified atom stereocenters. The second kappa shape index (κ2) is 7.33. The van der Waals surface area contributed by atoms with Crippen LogP contribution in [-0.2, 0) is 6.54 Å². The van der Waals surface area contributed by atoms with Crippen LogP contribution in [0.2, 0.25) is 0 Å². The molecule has 2 heterocycles. The van der Waals surface area contributed by atoms with E-state index in [1.54, 1.807) is 20.0 Å². The molecule has 0 atom stereocenters. The van der Waals surface area contributed by atoms with Crippen molar-refractivity contribution in [2.75, 3.05) is 7.05 Å². The summed E-state index contributed by atoms with van der Waals surface area (Å²) in [6, 6.07) is 3.10. The van der Waals surface area contributed by atoms with Crippen LogP contribution in [0.5, 0.6) is 0 Å². The monoisotopic (exact) mass is 334 g/mol. The Hall–Kier alpha value is -2.57. The van der Waals surface area contributed by atoms with E-state index in [0.29, 0.717) is 11.5 Å². The molecule has 7 nitrogen and oxygen atoms in total. The van der Waals surface area contributed by atoms with Crippen LogP contribution in [-0.4, -0.2) is 34.1 Å². The molecule has 24 heavy (non-hydrogen) atoms. The Morgan fingerprint density at radius 3 is 2.50 bits per heavy atom. The highest BCUT2D eigenvalue weighted by atomic mass is 16.5. The first-order valence-corrected chi connectivity index (χ1v) is 7.92. The third kappa shape index (κ3) is 3.67. The quantitative estimate of drug-likeness (QED) is 0.833. The minimum atomic E-state index is -1.05. The van der Waals surface area contributed by atoms with E-state index in [0.717, 1.165) is 18.5 Å². The van der Waals surface area contributed by atoms with E-state index in [-0.39, 0.29) is 29.7 Å². The zero-order valence-electron chi connectivity index (χ0n) is 14.3. The summed E-state index contributed by atoms with van der Waals surface area (Å²) in [5.41, 5.74) is 0.875. The van der Waals surface area contributed by atoms with E-state index in [4.69, 9.17) is 14.0 Å². The van der Waals surface area contributed by atoms with Crippen molar-refractivity contribution in [2.45, 2.75) is 46.1 Å². The summed E-state index contributed by atoms with van der Waals surface area (Å²) in [6.45, 7) is 5.85. The van der Waals surface area contributed by atoms with Gasteiger partial charge < -0.3 is 18.9 Å². The Morgan fingerprint density at radius 1 is 1.29 bits per heavy atom. The fourth-order valence-corrected chi connectivity index (χ4v) is 2.62. The predicted octanol–water partition coefficient (Wildman–Crippen LogP) is 3.45. The highest BCUT2D eigenvalue weighted by Crippen LogP contribution is 2.23. The molecule has 2 aromatic heterocycles. The van der Waals surface area contributed by atoms with Crippen LogP contribution in [0.1, 0.15) is 70.7 Å². The third-order valence-electron chi connectivity index (χ3n) is 4.08. The van der Waals surface area contributed by atoms with Crippen LogP contribution in [0.4, 0.5) is 0 Å². The van der Waals surface area contributed by atoms with Crippen molar-refractivity contribution in [3.8, 4) is 0 Å². The average molecular weight is 334 g/mol. The number of furan rings is 1. The van der Waals surface area contributed by atoms with Crippen molar-refractivity contribution in [3.63, 3.8) is 0 Å². The molecule has 130 valence electrons. The summed E-state index contributed by atoms with van der Waals surface area (Å²) < 4.78 is 10.6. The van der Waals surface area contributed by atoms with Crippen molar-refractivity contribution < 1.29 is 23.6 Å². The van der Waals surface area contributed by atoms with E-state index in [2.05, 4.69) is 19.0 Å². The maximum atomic E-state index is 12.4. The molecule has 0 saturated carbocycles. The molecule has 0 aliphatic heterocycles. The first-order valence-electron chi connectivity index (χ1n) is 7.92. The normalized spacial score (nSPS) is 11.0. The molecular formula is C17H22N2O5. The molecule has 0 spiro atoms. The van der Waals surface area contributed by atoms with Crippen LogP contribution < -0.4 is 0 Å². The largest absolute Gasteiger partial charge is 0.478 e. The molecule has 1 N–H and O–H groups in total. The zero-order valence-corrected chi connectivity index (χ0v) is 14.3. The van der Waals surface area contributed by atoms with Gasteiger partial charge in [-0.1, -0.05) is 19.0 Å². The fourth-order valence-electron chi connectivity index (χ4n) is 2.62. The molecule has 2 aromatic rings. The average Bonchev–Trinajstić information content (AvgIpc) is 3.15. The summed E-state index contributed by atoms with van der Waals surface area (Å²) in [5.74, 6) is -0.228. The molecule has 2 rings (SSSR count). The van der Waals surface area contributed by atoms with Gasteiger partial charge in [0.1, 0.15) is 17.1 Å². The second-order valence-electron chi connectivity index (χ2n) is 5.78. The van der Waals surface area contributed by atoms with Crippen molar-refractivity contribution in [2.24, 2.45) is 0 Å². The number of aryl methyl sites for hydroxylation is 1. The number of amides is 1. The van der Waals surface area contributed by atoms with Gasteiger partial charge in [-0.15, -0.1) is 0 Å². The summed E-state index contributed by atoms with van der Waals surface area (Å²) in [6.07, 6.45) is 1.85. The Bertz CT molecular complexity index is 727. The molecule has 7 heteroatoms. The van der Waals surface area contributed by atoms with Gasteiger partial charge in [-0.3, -0.25) is 4.79 Å². The van der Waals surface area contributed by atoms with Crippen LogP contribution in [0, 0.1) is 6.92 Å². The van der Waals surface area contributed by atoms with Crippen LogP contribution >= 0.6 is 0 Å². The van der Waals surface area contributed by atoms with Crippen molar-refractivity contribution >= 4 is 11.9 Å². The lowest BCUT2D eigenvalue weighted by Crippen LogP contribution is -2.25. The van der Waals surface area contributed by atoms with Gasteiger partial charge in [-0.25, -0.2) is 4.79 Å². The maximum Gasteiger partial charge on any atom is 0.339 e. The lowest BCUT2D eigenvalue weighted by Gasteiger charge is -2.13. The van der Waals surface area contributed by atoms with E-state index in [9.17, 15) is 9.59 Å². The number of hydrogen-bond donors (Lipinski definition) is 1. The second-order valence-corrected chi connectivity index (χ2v) is 5.78. The van der Waals surface area contributed by atoms with Gasteiger partial charge in [-0.05, 0) is 25.8 Å². The first-order chi connectivity index (χ1) is 11.4. The zero-order chi connectivity index (χ0) is 17.9. The van der Waals surface area contributed by atoms with Crippen molar-refractivity contribution in [3.05, 3.63) is 40.7 Å². The Kier molecular flexibility index (Phi) is 5.43. The number of carbonyl (C=O) groups is 2. The SMILES string of the molecule is CCC(CC)c1cc(C(=O)N(C)Cc2cc(C(=O)O)c(C)o2)on1. The van der Waals surface area contributed by atoms with E-state index < -0.39 is 5.97 Å². The van der Waals surface area contributed by atoms with E-state index >= 15 is 0 Å². The van der Waals surface area contributed by atoms with E-state index in [1.165, 1.54) is 11.0 Å². The molecule has 0 aliphatic rings. The minimum absolute atomic E-state index is 0.0986. The Morgan fingerprint density at radius 2 is 1.96 bits per heavy atom. The molecule has 0 radical (unpaired) electrons. The molecule has 0 aromatic carbocycles. The predicted molar refractivity (Wildman–Crippen MR) is 86.0 cm³/mol. The molecular weight excluding hydrogens is 312 g/mol. The van der Waals surface area contributed by atoms with Crippen molar-refractivity contribution in [1.29, 1.82) is 0 Å². The maximum absolute atomic E-state index is 12.4. The Labute approximate surface area is 140 Å². The molecule has 0 bridgehead atoms. The van der Waals surface area contributed by atoms with Crippen LogP contribution in [0.25, 0.3) is 0 Å². The number of carbonyl (C=O) groups excluding carboxylic acids is 1. The molecule has 0 aliphatic carbocycles. The topological polar surface area (TPSA) is 96.8 Å². The number of nitrogens with zero attached hydrogens (tertiary/aromatic N) is 2. The summed E-state index contributed by atoms with van der Waals surface area (Å²) in [5, 5.41) is 13.0. The molecule has 0 fully saturated rings. The number of hydrogen-bond acceptors (Lipinski definition) is 5.